The average molecular weight is 373 g/mol. The third-order valence-corrected chi connectivity index (χ3v) is 3.95. The lowest BCUT2D eigenvalue weighted by Gasteiger charge is -2.13. The lowest BCUT2D eigenvalue weighted by atomic mass is 10.1. The van der Waals surface area contributed by atoms with Gasteiger partial charge in [-0.15, -0.1) is 0 Å². The summed E-state index contributed by atoms with van der Waals surface area (Å²) in [4.78, 5) is 12.4. The molecule has 0 aliphatic heterocycles. The van der Waals surface area contributed by atoms with E-state index in [4.69, 9.17) is 18.9 Å². The van der Waals surface area contributed by atoms with Crippen LogP contribution in [0.25, 0.3) is 0 Å². The van der Waals surface area contributed by atoms with Crippen LogP contribution in [0.2, 0.25) is 0 Å². The zero-order valence-corrected chi connectivity index (χ0v) is 16.3. The van der Waals surface area contributed by atoms with Crippen LogP contribution in [-0.4, -0.2) is 39.9 Å². The highest BCUT2D eigenvalue weighted by atomic mass is 16.5. The first kappa shape index (κ1) is 20.4. The molecule has 2 rings (SSSR count). The third-order valence-electron chi connectivity index (χ3n) is 3.95. The van der Waals surface area contributed by atoms with E-state index in [1.165, 1.54) is 0 Å². The summed E-state index contributed by atoms with van der Waals surface area (Å²) >= 11 is 0. The van der Waals surface area contributed by atoms with E-state index in [1.807, 2.05) is 32.0 Å². The van der Waals surface area contributed by atoms with Gasteiger partial charge in [0.25, 0.3) is 5.91 Å². The molecule has 0 aromatic heterocycles. The molecule has 0 spiro atoms. The van der Waals surface area contributed by atoms with Crippen molar-refractivity contribution in [3.8, 4) is 23.0 Å². The highest BCUT2D eigenvalue weighted by Gasteiger charge is 2.11. The van der Waals surface area contributed by atoms with Crippen molar-refractivity contribution in [2.45, 2.75) is 20.3 Å². The van der Waals surface area contributed by atoms with Crippen molar-refractivity contribution < 1.29 is 23.7 Å². The van der Waals surface area contributed by atoms with Crippen molar-refractivity contribution >= 4 is 5.91 Å². The number of rotatable bonds is 10. The molecule has 0 bridgehead atoms. The van der Waals surface area contributed by atoms with Gasteiger partial charge in [0.1, 0.15) is 0 Å². The van der Waals surface area contributed by atoms with Gasteiger partial charge in [0.2, 0.25) is 0 Å². The summed E-state index contributed by atoms with van der Waals surface area (Å²) in [6, 6.07) is 10.9. The summed E-state index contributed by atoms with van der Waals surface area (Å²) < 4.78 is 21.6. The molecule has 0 heterocycles. The second-order valence-corrected chi connectivity index (χ2v) is 5.72. The monoisotopic (exact) mass is 373 g/mol. The van der Waals surface area contributed by atoms with Gasteiger partial charge in [0.15, 0.2) is 23.0 Å². The van der Waals surface area contributed by atoms with Crippen molar-refractivity contribution in [3.63, 3.8) is 0 Å². The van der Waals surface area contributed by atoms with E-state index in [9.17, 15) is 4.79 Å². The number of hydrogen-bond donors (Lipinski definition) is 1. The van der Waals surface area contributed by atoms with Gasteiger partial charge in [-0.25, -0.2) is 0 Å². The first-order chi connectivity index (χ1) is 13.1. The average Bonchev–Trinajstić information content (AvgIpc) is 2.69. The maximum Gasteiger partial charge on any atom is 0.251 e. The van der Waals surface area contributed by atoms with E-state index in [2.05, 4.69) is 5.32 Å². The van der Waals surface area contributed by atoms with Gasteiger partial charge in [-0.05, 0) is 56.2 Å². The third kappa shape index (κ3) is 5.54. The molecule has 2 aromatic rings. The second kappa shape index (κ2) is 10.3. The van der Waals surface area contributed by atoms with Gasteiger partial charge in [-0.3, -0.25) is 4.79 Å². The van der Waals surface area contributed by atoms with Crippen LogP contribution in [0.1, 0.15) is 29.8 Å². The number of carbonyl (C=O) groups excluding carboxylic acids is 1. The van der Waals surface area contributed by atoms with Crippen molar-refractivity contribution in [2.75, 3.05) is 34.0 Å². The van der Waals surface area contributed by atoms with Gasteiger partial charge in [-0.1, -0.05) is 6.07 Å². The summed E-state index contributed by atoms with van der Waals surface area (Å²) in [6.07, 6.45) is 0.682. The molecule has 1 amide bonds. The normalized spacial score (nSPS) is 10.2. The highest BCUT2D eigenvalue weighted by molar-refractivity contribution is 5.94. The fourth-order valence-corrected chi connectivity index (χ4v) is 2.65. The number of carbonyl (C=O) groups is 1. The molecule has 0 aliphatic rings. The molecule has 6 heteroatoms. The summed E-state index contributed by atoms with van der Waals surface area (Å²) in [6.45, 7) is 5.35. The number of hydrogen-bond acceptors (Lipinski definition) is 5. The van der Waals surface area contributed by atoms with E-state index in [1.54, 1.807) is 32.4 Å². The molecule has 0 atom stereocenters. The Labute approximate surface area is 160 Å². The molecule has 146 valence electrons. The van der Waals surface area contributed by atoms with Crippen LogP contribution >= 0.6 is 0 Å². The quantitative estimate of drug-likeness (QED) is 0.691. The minimum Gasteiger partial charge on any atom is -0.493 e. The molecule has 27 heavy (non-hydrogen) atoms. The highest BCUT2D eigenvalue weighted by Crippen LogP contribution is 2.29. The van der Waals surface area contributed by atoms with Crippen molar-refractivity contribution in [1.29, 1.82) is 0 Å². The van der Waals surface area contributed by atoms with Crippen LogP contribution in [0.4, 0.5) is 0 Å². The van der Waals surface area contributed by atoms with Crippen LogP contribution in [-0.2, 0) is 6.42 Å². The van der Waals surface area contributed by atoms with Crippen LogP contribution in [0.3, 0.4) is 0 Å². The lowest BCUT2D eigenvalue weighted by molar-refractivity contribution is 0.0953. The first-order valence-corrected chi connectivity index (χ1v) is 9.01. The molecule has 0 radical (unpaired) electrons. The zero-order chi connectivity index (χ0) is 19.6. The predicted octanol–water partition coefficient (Wildman–Crippen LogP) is 3.47. The summed E-state index contributed by atoms with van der Waals surface area (Å²) in [7, 11) is 3.20. The largest absolute Gasteiger partial charge is 0.493 e. The molecule has 0 saturated heterocycles. The minimum absolute atomic E-state index is 0.153. The van der Waals surface area contributed by atoms with Crippen LogP contribution in [0.15, 0.2) is 36.4 Å². The maximum atomic E-state index is 12.4. The number of ether oxygens (including phenoxy) is 4. The van der Waals surface area contributed by atoms with Gasteiger partial charge >= 0.3 is 0 Å². The molecular formula is C21H27NO5. The minimum atomic E-state index is -0.153. The van der Waals surface area contributed by atoms with Crippen molar-refractivity contribution in [1.82, 2.24) is 5.32 Å². The van der Waals surface area contributed by atoms with Crippen LogP contribution in [0.5, 0.6) is 23.0 Å². The van der Waals surface area contributed by atoms with Gasteiger partial charge in [0.05, 0.1) is 27.4 Å². The van der Waals surface area contributed by atoms with Gasteiger partial charge in [-0.2, -0.15) is 0 Å². The molecule has 0 aliphatic carbocycles. The van der Waals surface area contributed by atoms with Gasteiger partial charge in [0, 0.05) is 12.1 Å². The fourth-order valence-electron chi connectivity index (χ4n) is 2.65. The molecule has 0 unspecified atom stereocenters. The first-order valence-electron chi connectivity index (χ1n) is 9.01. The van der Waals surface area contributed by atoms with E-state index in [0.717, 1.165) is 5.56 Å². The molecule has 0 saturated carbocycles. The molecular weight excluding hydrogens is 346 g/mol. The standard InChI is InChI=1S/C21H27NO5/c1-5-26-18-10-8-16(14-20(18)27-6-2)21(23)22-12-11-15-7-9-17(24-3)19(13-15)25-4/h7-10,13-14H,5-6,11-12H2,1-4H3,(H,22,23). The Bertz CT molecular complexity index is 760. The number of benzene rings is 2. The summed E-state index contributed by atoms with van der Waals surface area (Å²) in [5.74, 6) is 2.42. The fraction of sp³-hybridized carbons (Fsp3) is 0.381. The van der Waals surface area contributed by atoms with Crippen molar-refractivity contribution in [3.05, 3.63) is 47.5 Å². The van der Waals surface area contributed by atoms with Crippen LogP contribution < -0.4 is 24.3 Å². The Balaban J connectivity index is 1.98. The number of nitrogens with one attached hydrogen (secondary N) is 1. The number of methoxy groups -OCH3 is 2. The summed E-state index contributed by atoms with van der Waals surface area (Å²) in [5, 5.41) is 2.93. The van der Waals surface area contributed by atoms with E-state index in [0.29, 0.717) is 54.7 Å². The Morgan fingerprint density at radius 3 is 2.19 bits per heavy atom. The lowest BCUT2D eigenvalue weighted by Crippen LogP contribution is -2.25. The Hall–Kier alpha value is -2.89. The SMILES string of the molecule is CCOc1ccc(C(=O)NCCc2ccc(OC)c(OC)c2)cc1OCC. The Morgan fingerprint density at radius 2 is 1.52 bits per heavy atom. The van der Waals surface area contributed by atoms with E-state index < -0.39 is 0 Å². The van der Waals surface area contributed by atoms with Crippen molar-refractivity contribution in [2.24, 2.45) is 0 Å². The summed E-state index contributed by atoms with van der Waals surface area (Å²) in [5.41, 5.74) is 1.59. The topological polar surface area (TPSA) is 66.0 Å². The van der Waals surface area contributed by atoms with E-state index in [-0.39, 0.29) is 5.91 Å². The Morgan fingerprint density at radius 1 is 0.852 bits per heavy atom. The van der Waals surface area contributed by atoms with E-state index >= 15 is 0 Å². The smallest absolute Gasteiger partial charge is 0.251 e. The molecule has 0 fully saturated rings. The molecule has 1 N–H and O–H groups in total. The number of amides is 1. The van der Waals surface area contributed by atoms with Crippen LogP contribution in [0, 0.1) is 0 Å². The predicted molar refractivity (Wildman–Crippen MR) is 104 cm³/mol. The maximum absolute atomic E-state index is 12.4. The molecule has 6 nitrogen and oxygen atoms in total. The zero-order valence-electron chi connectivity index (χ0n) is 16.3. The van der Waals surface area contributed by atoms with Gasteiger partial charge < -0.3 is 24.3 Å². The molecule has 2 aromatic carbocycles. The Kier molecular flexibility index (Phi) is 7.79. The second-order valence-electron chi connectivity index (χ2n) is 5.72.